The van der Waals surface area contributed by atoms with Gasteiger partial charge in [-0.1, -0.05) is 20.8 Å². The second kappa shape index (κ2) is 6.41. The predicted molar refractivity (Wildman–Crippen MR) is 60.5 cm³/mol. The summed E-state index contributed by atoms with van der Waals surface area (Å²) in [5.41, 5.74) is 0. The third-order valence-corrected chi connectivity index (χ3v) is 2.76. The van der Waals surface area contributed by atoms with Gasteiger partial charge >= 0.3 is 0 Å². The van der Waals surface area contributed by atoms with Crippen LogP contribution >= 0.6 is 0 Å². The summed E-state index contributed by atoms with van der Waals surface area (Å²) in [4.78, 5) is 0. The zero-order chi connectivity index (χ0) is 10.4. The van der Waals surface area contributed by atoms with Gasteiger partial charge in [-0.15, -0.1) is 0 Å². The highest BCUT2D eigenvalue weighted by Gasteiger charge is 2.23. The number of ether oxygens (including phenoxy) is 1. The largest absolute Gasteiger partial charge is 0.376 e. The Morgan fingerprint density at radius 2 is 2.07 bits per heavy atom. The predicted octanol–water partition coefficient (Wildman–Crippen LogP) is 2.44. The SMILES string of the molecule is CCCNCC(OCC1CC1)C(C)C. The lowest BCUT2D eigenvalue weighted by Crippen LogP contribution is -2.34. The van der Waals surface area contributed by atoms with Gasteiger partial charge in [0, 0.05) is 13.2 Å². The average molecular weight is 199 g/mol. The topological polar surface area (TPSA) is 21.3 Å². The molecule has 0 saturated heterocycles. The van der Waals surface area contributed by atoms with Crippen molar-refractivity contribution < 1.29 is 4.74 Å². The maximum atomic E-state index is 5.91. The molecule has 0 heterocycles. The Hall–Kier alpha value is -0.0800. The maximum absolute atomic E-state index is 5.91. The zero-order valence-electron chi connectivity index (χ0n) is 9.88. The van der Waals surface area contributed by atoms with Crippen LogP contribution in [-0.4, -0.2) is 25.8 Å². The van der Waals surface area contributed by atoms with Crippen LogP contribution in [0.3, 0.4) is 0 Å². The highest BCUT2D eigenvalue weighted by atomic mass is 16.5. The molecular formula is C12H25NO. The first kappa shape index (κ1) is 12.0. The van der Waals surface area contributed by atoms with Gasteiger partial charge in [-0.2, -0.15) is 0 Å². The van der Waals surface area contributed by atoms with E-state index in [0.29, 0.717) is 12.0 Å². The summed E-state index contributed by atoms with van der Waals surface area (Å²) in [6.45, 7) is 9.78. The number of hydrogen-bond donors (Lipinski definition) is 1. The van der Waals surface area contributed by atoms with Crippen LogP contribution < -0.4 is 5.32 Å². The Morgan fingerprint density at radius 1 is 1.36 bits per heavy atom. The summed E-state index contributed by atoms with van der Waals surface area (Å²) in [6, 6.07) is 0. The molecule has 1 unspecified atom stereocenters. The molecule has 1 rings (SSSR count). The molecule has 0 spiro atoms. The second-order valence-corrected chi connectivity index (χ2v) is 4.76. The Labute approximate surface area is 88.4 Å². The molecule has 0 bridgehead atoms. The lowest BCUT2D eigenvalue weighted by molar-refractivity contribution is 0.0169. The van der Waals surface area contributed by atoms with Crippen LogP contribution in [-0.2, 0) is 4.74 Å². The van der Waals surface area contributed by atoms with Gasteiger partial charge in [0.25, 0.3) is 0 Å². The minimum Gasteiger partial charge on any atom is -0.376 e. The van der Waals surface area contributed by atoms with Crippen molar-refractivity contribution >= 4 is 0 Å². The second-order valence-electron chi connectivity index (χ2n) is 4.76. The van der Waals surface area contributed by atoms with Gasteiger partial charge in [0.05, 0.1) is 6.10 Å². The van der Waals surface area contributed by atoms with Crippen LogP contribution in [0, 0.1) is 11.8 Å². The molecule has 2 heteroatoms. The molecular weight excluding hydrogens is 174 g/mol. The minimum absolute atomic E-state index is 0.405. The number of rotatable bonds is 8. The molecule has 1 fully saturated rings. The monoisotopic (exact) mass is 199 g/mol. The van der Waals surface area contributed by atoms with E-state index in [4.69, 9.17) is 4.74 Å². The Balaban J connectivity index is 2.09. The standard InChI is InChI=1S/C12H25NO/c1-4-7-13-8-12(10(2)3)14-9-11-5-6-11/h10-13H,4-9H2,1-3H3. The minimum atomic E-state index is 0.405. The van der Waals surface area contributed by atoms with Gasteiger partial charge in [-0.25, -0.2) is 0 Å². The van der Waals surface area contributed by atoms with Gasteiger partial charge in [-0.05, 0) is 37.6 Å². The van der Waals surface area contributed by atoms with Crippen molar-refractivity contribution in [2.24, 2.45) is 11.8 Å². The first-order chi connectivity index (χ1) is 6.74. The van der Waals surface area contributed by atoms with Gasteiger partial charge < -0.3 is 10.1 Å². The Morgan fingerprint density at radius 3 is 2.57 bits per heavy atom. The first-order valence-electron chi connectivity index (χ1n) is 6.06. The van der Waals surface area contributed by atoms with E-state index in [9.17, 15) is 0 Å². The Bertz CT molecular complexity index is 143. The summed E-state index contributed by atoms with van der Waals surface area (Å²) in [7, 11) is 0. The summed E-state index contributed by atoms with van der Waals surface area (Å²) < 4.78 is 5.91. The van der Waals surface area contributed by atoms with Crippen molar-refractivity contribution in [3.63, 3.8) is 0 Å². The lowest BCUT2D eigenvalue weighted by Gasteiger charge is -2.22. The van der Waals surface area contributed by atoms with E-state index in [1.165, 1.54) is 19.3 Å². The molecule has 0 aliphatic heterocycles. The molecule has 14 heavy (non-hydrogen) atoms. The van der Waals surface area contributed by atoms with Crippen LogP contribution in [0.4, 0.5) is 0 Å². The molecule has 0 amide bonds. The Kier molecular flexibility index (Phi) is 5.49. The van der Waals surface area contributed by atoms with E-state index in [1.54, 1.807) is 0 Å². The van der Waals surface area contributed by atoms with Crippen molar-refractivity contribution in [3.05, 3.63) is 0 Å². The number of hydrogen-bond acceptors (Lipinski definition) is 2. The van der Waals surface area contributed by atoms with Gasteiger partial charge in [0.1, 0.15) is 0 Å². The summed E-state index contributed by atoms with van der Waals surface area (Å²) in [5, 5.41) is 3.44. The van der Waals surface area contributed by atoms with Crippen molar-refractivity contribution in [1.29, 1.82) is 0 Å². The van der Waals surface area contributed by atoms with E-state index >= 15 is 0 Å². The van der Waals surface area contributed by atoms with E-state index in [0.717, 1.165) is 25.6 Å². The van der Waals surface area contributed by atoms with E-state index in [-0.39, 0.29) is 0 Å². The zero-order valence-corrected chi connectivity index (χ0v) is 9.88. The van der Waals surface area contributed by atoms with Crippen LogP contribution in [0.5, 0.6) is 0 Å². The molecule has 1 aliphatic rings. The van der Waals surface area contributed by atoms with E-state index in [2.05, 4.69) is 26.1 Å². The molecule has 1 saturated carbocycles. The quantitative estimate of drug-likeness (QED) is 0.606. The average Bonchev–Trinajstić information content (AvgIpc) is 2.94. The fourth-order valence-corrected chi connectivity index (χ4v) is 1.45. The van der Waals surface area contributed by atoms with Gasteiger partial charge in [0.15, 0.2) is 0 Å². The van der Waals surface area contributed by atoms with E-state index < -0.39 is 0 Å². The van der Waals surface area contributed by atoms with Crippen molar-refractivity contribution in [2.75, 3.05) is 19.7 Å². The molecule has 2 nitrogen and oxygen atoms in total. The molecule has 0 aromatic heterocycles. The molecule has 1 atom stereocenters. The summed E-state index contributed by atoms with van der Waals surface area (Å²) >= 11 is 0. The summed E-state index contributed by atoms with van der Waals surface area (Å²) in [6.07, 6.45) is 4.37. The van der Waals surface area contributed by atoms with Crippen molar-refractivity contribution in [2.45, 2.75) is 46.1 Å². The van der Waals surface area contributed by atoms with Crippen LogP contribution in [0.1, 0.15) is 40.0 Å². The van der Waals surface area contributed by atoms with Gasteiger partial charge in [0.2, 0.25) is 0 Å². The normalized spacial score (nSPS) is 18.9. The van der Waals surface area contributed by atoms with Gasteiger partial charge in [-0.3, -0.25) is 0 Å². The molecule has 0 radical (unpaired) electrons. The van der Waals surface area contributed by atoms with Crippen LogP contribution in [0.25, 0.3) is 0 Å². The molecule has 1 N–H and O–H groups in total. The molecule has 84 valence electrons. The third-order valence-electron chi connectivity index (χ3n) is 2.76. The van der Waals surface area contributed by atoms with E-state index in [1.807, 2.05) is 0 Å². The summed E-state index contributed by atoms with van der Waals surface area (Å²) in [5.74, 6) is 1.50. The van der Waals surface area contributed by atoms with Crippen molar-refractivity contribution in [3.8, 4) is 0 Å². The highest BCUT2D eigenvalue weighted by Crippen LogP contribution is 2.29. The van der Waals surface area contributed by atoms with Crippen LogP contribution in [0.15, 0.2) is 0 Å². The molecule has 0 aromatic rings. The number of nitrogens with one attached hydrogen (secondary N) is 1. The van der Waals surface area contributed by atoms with Crippen LogP contribution in [0.2, 0.25) is 0 Å². The maximum Gasteiger partial charge on any atom is 0.0722 e. The third kappa shape index (κ3) is 4.97. The smallest absolute Gasteiger partial charge is 0.0722 e. The fourth-order valence-electron chi connectivity index (χ4n) is 1.45. The first-order valence-corrected chi connectivity index (χ1v) is 6.06. The highest BCUT2D eigenvalue weighted by molar-refractivity contribution is 4.74. The molecule has 1 aliphatic carbocycles. The lowest BCUT2D eigenvalue weighted by atomic mass is 10.1. The van der Waals surface area contributed by atoms with Crippen molar-refractivity contribution in [1.82, 2.24) is 5.32 Å². The molecule has 0 aromatic carbocycles. The fraction of sp³-hybridized carbons (Fsp3) is 1.00.